The zero-order valence-corrected chi connectivity index (χ0v) is 29.8. The van der Waals surface area contributed by atoms with E-state index in [1.807, 2.05) is 30.3 Å². The van der Waals surface area contributed by atoms with E-state index in [4.69, 9.17) is 4.74 Å². The predicted octanol–water partition coefficient (Wildman–Crippen LogP) is 5.26. The summed E-state index contributed by atoms with van der Waals surface area (Å²) in [4.78, 5) is 16.2. The van der Waals surface area contributed by atoms with Crippen molar-refractivity contribution in [3.05, 3.63) is 136 Å². The molecule has 1 aromatic heterocycles. The van der Waals surface area contributed by atoms with Crippen LogP contribution in [0.15, 0.2) is 108 Å². The summed E-state index contributed by atoms with van der Waals surface area (Å²) < 4.78 is 11.7. The normalized spacial score (nSPS) is 16.4. The van der Waals surface area contributed by atoms with Crippen LogP contribution in [0.25, 0.3) is 21.8 Å². The molecule has 7 heteroatoms. The number of nitrogens with zero attached hydrogens (tertiary/aromatic N) is 3. The molecule has 47 heavy (non-hydrogen) atoms. The summed E-state index contributed by atoms with van der Waals surface area (Å²) in [5.41, 5.74) is 8.54. The van der Waals surface area contributed by atoms with Crippen LogP contribution < -0.4 is 31.2 Å². The lowest BCUT2D eigenvalue weighted by atomic mass is 9.81. The van der Waals surface area contributed by atoms with Gasteiger partial charge in [0.1, 0.15) is 5.75 Å². The van der Waals surface area contributed by atoms with Crippen LogP contribution in [-0.2, 0) is 19.5 Å². The van der Waals surface area contributed by atoms with Crippen molar-refractivity contribution in [2.24, 2.45) is 5.92 Å². The van der Waals surface area contributed by atoms with E-state index in [-0.39, 0.29) is 22.8 Å². The fraction of sp³-hybridized carbons (Fsp3) is 0.250. The lowest BCUT2D eigenvalue weighted by molar-refractivity contribution is -0.664. The van der Waals surface area contributed by atoms with Crippen molar-refractivity contribution in [1.29, 1.82) is 0 Å². The average molecular weight is 752 g/mol. The number of Topliss-reactive ketones (excluding diaryl/α,β-unsaturated/α-hetero) is 1. The van der Waals surface area contributed by atoms with Crippen LogP contribution in [0.1, 0.15) is 45.2 Å². The van der Waals surface area contributed by atoms with Crippen LogP contribution in [0.4, 0.5) is 5.69 Å². The van der Waals surface area contributed by atoms with Gasteiger partial charge < -0.3 is 26.6 Å². The summed E-state index contributed by atoms with van der Waals surface area (Å²) in [6, 6.07) is 36.0. The molecule has 8 rings (SSSR count). The number of ketones is 1. The summed E-state index contributed by atoms with van der Waals surface area (Å²) in [5, 5.41) is 2.24. The second-order valence-corrected chi connectivity index (χ2v) is 13.7. The number of aryl methyl sites for hydroxylation is 1. The molecule has 0 unspecified atom stereocenters. The summed E-state index contributed by atoms with van der Waals surface area (Å²) in [6.45, 7) is 5.26. The van der Waals surface area contributed by atoms with E-state index in [1.165, 1.54) is 27.9 Å². The van der Waals surface area contributed by atoms with E-state index >= 15 is 0 Å². The first-order chi connectivity index (χ1) is 22.5. The van der Waals surface area contributed by atoms with Crippen molar-refractivity contribution in [1.82, 2.24) is 4.57 Å². The van der Waals surface area contributed by atoms with Gasteiger partial charge in [-0.15, -0.1) is 0 Å². The minimum atomic E-state index is 0. The fourth-order valence-corrected chi connectivity index (χ4v) is 8.45. The maximum absolute atomic E-state index is 13.6. The Morgan fingerprint density at radius 3 is 2.55 bits per heavy atom. The Morgan fingerprint density at radius 2 is 1.70 bits per heavy atom. The number of fused-ring (bicyclic) bond motifs is 7. The minimum absolute atomic E-state index is 0. The third-order valence-corrected chi connectivity index (χ3v) is 10.7. The number of carbonyl (C=O) groups excluding carboxylic acids is 1. The van der Waals surface area contributed by atoms with Gasteiger partial charge in [0, 0.05) is 42.4 Å². The van der Waals surface area contributed by atoms with Crippen LogP contribution in [0.5, 0.6) is 5.75 Å². The molecule has 0 saturated heterocycles. The molecule has 1 aliphatic heterocycles. The lowest BCUT2D eigenvalue weighted by Crippen LogP contribution is -3.00. The van der Waals surface area contributed by atoms with Crippen LogP contribution in [-0.4, -0.2) is 30.5 Å². The van der Waals surface area contributed by atoms with E-state index in [0.29, 0.717) is 18.4 Å². The molecule has 5 nitrogen and oxygen atoms in total. The molecule has 0 radical (unpaired) electrons. The molecule has 2 atom stereocenters. The molecule has 2 heterocycles. The highest BCUT2D eigenvalue weighted by atomic mass is 79.9. The molecule has 0 spiro atoms. The summed E-state index contributed by atoms with van der Waals surface area (Å²) in [7, 11) is 1.78. The van der Waals surface area contributed by atoms with Crippen LogP contribution in [0, 0.1) is 12.8 Å². The van der Waals surface area contributed by atoms with E-state index in [2.05, 4.69) is 110 Å². The number of benzene rings is 5. The highest BCUT2D eigenvalue weighted by molar-refractivity contribution is 9.10. The third-order valence-electron chi connectivity index (χ3n) is 10.2. The van der Waals surface area contributed by atoms with Crippen LogP contribution in [0.2, 0.25) is 0 Å². The fourth-order valence-electron chi connectivity index (χ4n) is 8.07. The highest BCUT2D eigenvalue weighted by Gasteiger charge is 2.41. The quantitative estimate of drug-likeness (QED) is 0.158. The molecule has 2 aliphatic rings. The molecule has 6 aromatic rings. The number of anilines is 1. The van der Waals surface area contributed by atoms with Gasteiger partial charge in [-0.05, 0) is 76.2 Å². The van der Waals surface area contributed by atoms with E-state index < -0.39 is 0 Å². The molecule has 5 aromatic carbocycles. The molecule has 0 amide bonds. The molecule has 0 N–H and O–H groups in total. The first-order valence-corrected chi connectivity index (χ1v) is 17.0. The minimum Gasteiger partial charge on any atom is -1.00 e. The highest BCUT2D eigenvalue weighted by Crippen LogP contribution is 2.52. The van der Waals surface area contributed by atoms with Crippen molar-refractivity contribution >= 4 is 49.2 Å². The first-order valence-electron chi connectivity index (χ1n) is 16.2. The number of imidazole rings is 1. The van der Waals surface area contributed by atoms with Gasteiger partial charge in [0.05, 0.1) is 19.3 Å². The van der Waals surface area contributed by atoms with Crippen molar-refractivity contribution in [2.45, 2.75) is 38.8 Å². The summed E-state index contributed by atoms with van der Waals surface area (Å²) in [6.07, 6.45) is 2.08. The number of ether oxygens (including phenoxy) is 1. The van der Waals surface area contributed by atoms with Crippen molar-refractivity contribution < 1.29 is 31.1 Å². The van der Waals surface area contributed by atoms with E-state index in [1.54, 1.807) is 7.11 Å². The number of hydrogen-bond donors (Lipinski definition) is 0. The van der Waals surface area contributed by atoms with Gasteiger partial charge in [0.15, 0.2) is 17.6 Å². The Kier molecular flexibility index (Phi) is 8.71. The molecule has 1 aliphatic carbocycles. The monoisotopic (exact) mass is 749 g/mol. The topological polar surface area (TPSA) is 38.3 Å². The first kappa shape index (κ1) is 31.6. The standard InChI is InChI=1S/C40H37BrN3O2.BrH/c1-26-43(35-12-5-6-13-36(35)44(26)25-37(45)30-16-15-27-9-3-4-10-28(27)21-30)20-8-19-42-24-31-22-29-17-18-32(41)23-34(29)39(31)33-11-7-14-38(46-2)40(33)42;/h3-7,9-18,21,23,31,39H,8,19-20,22,24-25H2,1-2H3;1H/q+1;/p-1/t31-,39-;/m0./s1. The smallest absolute Gasteiger partial charge is 0.254 e. The Balaban J connectivity index is 0.00000351. The Labute approximate surface area is 294 Å². The number of methoxy groups -OCH3 is 1. The maximum Gasteiger partial charge on any atom is 0.254 e. The van der Waals surface area contributed by atoms with Gasteiger partial charge in [-0.1, -0.05) is 82.7 Å². The number of halogens is 2. The van der Waals surface area contributed by atoms with Gasteiger partial charge in [-0.3, -0.25) is 4.79 Å². The van der Waals surface area contributed by atoms with Crippen LogP contribution >= 0.6 is 15.9 Å². The number of aromatic nitrogens is 2. The summed E-state index contributed by atoms with van der Waals surface area (Å²) >= 11 is 3.72. The molecule has 0 fully saturated rings. The molecule has 238 valence electrons. The van der Waals surface area contributed by atoms with Gasteiger partial charge in [0.2, 0.25) is 5.78 Å². The molecular formula is C40H37Br2N3O2. The Hall–Kier alpha value is -3.94. The van der Waals surface area contributed by atoms with Crippen LogP contribution in [0.3, 0.4) is 0 Å². The van der Waals surface area contributed by atoms with E-state index in [9.17, 15) is 4.79 Å². The van der Waals surface area contributed by atoms with Gasteiger partial charge in [-0.2, -0.15) is 0 Å². The Morgan fingerprint density at radius 1 is 0.894 bits per heavy atom. The summed E-state index contributed by atoms with van der Waals surface area (Å²) in [5.74, 6) is 3.11. The Bertz CT molecular complexity index is 2140. The average Bonchev–Trinajstić information content (AvgIpc) is 3.58. The third kappa shape index (κ3) is 5.57. The molecule has 0 bridgehead atoms. The second-order valence-electron chi connectivity index (χ2n) is 12.7. The van der Waals surface area contributed by atoms with Gasteiger partial charge >= 0.3 is 0 Å². The number of rotatable bonds is 8. The largest absolute Gasteiger partial charge is 1.00 e. The van der Waals surface area contributed by atoms with Crippen molar-refractivity contribution in [3.63, 3.8) is 0 Å². The van der Waals surface area contributed by atoms with Crippen molar-refractivity contribution in [2.75, 3.05) is 25.1 Å². The molecular weight excluding hydrogens is 714 g/mol. The zero-order valence-electron chi connectivity index (χ0n) is 26.6. The number of hydrogen-bond acceptors (Lipinski definition) is 3. The van der Waals surface area contributed by atoms with E-state index in [0.717, 1.165) is 70.4 Å². The predicted molar refractivity (Wildman–Crippen MR) is 188 cm³/mol. The number of para-hydroxylation sites is 3. The molecule has 0 saturated carbocycles. The second kappa shape index (κ2) is 12.9. The van der Waals surface area contributed by atoms with Gasteiger partial charge in [-0.25, -0.2) is 9.13 Å². The van der Waals surface area contributed by atoms with Crippen molar-refractivity contribution in [3.8, 4) is 5.75 Å². The lowest BCUT2D eigenvalue weighted by Gasteiger charge is -2.39. The van der Waals surface area contributed by atoms with Gasteiger partial charge in [0.25, 0.3) is 5.82 Å². The zero-order chi connectivity index (χ0) is 31.4. The number of carbonyl (C=O) groups is 1. The maximum atomic E-state index is 13.6. The SMILES string of the molecule is COc1cccc2c1N(CCCn1c(C)[n+](CC(=O)c3ccc4ccccc4c3)c3ccccc31)C[C@@H]1Cc3ccc(Br)cc3[C@H]21.[Br-].